The first-order chi connectivity index (χ1) is 13.3. The summed E-state index contributed by atoms with van der Waals surface area (Å²) in [6, 6.07) is 15.8. The van der Waals surface area contributed by atoms with Gasteiger partial charge in [-0.15, -0.1) is 0 Å². The molecule has 0 unspecified atom stereocenters. The molecule has 1 N–H and O–H groups in total. The van der Waals surface area contributed by atoms with E-state index in [1.54, 1.807) is 37.3 Å². The molecule has 0 aliphatic carbocycles. The highest BCUT2D eigenvalue weighted by Gasteiger charge is 2.28. The van der Waals surface area contributed by atoms with E-state index in [1.165, 1.54) is 0 Å². The summed E-state index contributed by atoms with van der Waals surface area (Å²) in [5.74, 6) is -0.345. The first-order valence-corrected chi connectivity index (χ1v) is 11.3. The highest BCUT2D eigenvalue weighted by Crippen LogP contribution is 2.20. The molecule has 0 radical (unpaired) electrons. The molecule has 0 bridgehead atoms. The molecule has 6 nitrogen and oxygen atoms in total. The third kappa shape index (κ3) is 5.48. The Bertz CT molecular complexity index is 864. The van der Waals surface area contributed by atoms with Crippen molar-refractivity contribution >= 4 is 27.3 Å². The van der Waals surface area contributed by atoms with Crippen LogP contribution < -0.4 is 14.5 Å². The van der Waals surface area contributed by atoms with Crippen molar-refractivity contribution in [2.24, 2.45) is 0 Å². The molecule has 7 heteroatoms. The monoisotopic (exact) mass is 403 g/mol. The Kier molecular flexibility index (Phi) is 7.45. The summed E-state index contributed by atoms with van der Waals surface area (Å²) in [7, 11) is -3.60. The van der Waals surface area contributed by atoms with Gasteiger partial charge in [0, 0.05) is 25.3 Å². The first kappa shape index (κ1) is 21.8. The quantitative estimate of drug-likeness (QED) is 0.699. The van der Waals surface area contributed by atoms with Crippen molar-refractivity contribution in [2.75, 3.05) is 28.6 Å². The van der Waals surface area contributed by atoms with Gasteiger partial charge in [0.25, 0.3) is 0 Å². The van der Waals surface area contributed by atoms with Gasteiger partial charge in [-0.2, -0.15) is 0 Å². The molecule has 0 aliphatic heterocycles. The van der Waals surface area contributed by atoms with E-state index < -0.39 is 16.1 Å². The fourth-order valence-electron chi connectivity index (χ4n) is 3.13. The maximum Gasteiger partial charge on any atom is 0.243 e. The van der Waals surface area contributed by atoms with Gasteiger partial charge < -0.3 is 10.2 Å². The van der Waals surface area contributed by atoms with Crippen molar-refractivity contribution < 1.29 is 13.2 Å². The molecular formula is C21H29N3O3S. The molecule has 1 atom stereocenters. The second-order valence-corrected chi connectivity index (χ2v) is 8.49. The number of rotatable bonds is 9. The van der Waals surface area contributed by atoms with Gasteiger partial charge in [-0.3, -0.25) is 9.10 Å². The molecule has 0 fully saturated rings. The summed E-state index contributed by atoms with van der Waals surface area (Å²) in [6.07, 6.45) is 1.11. The van der Waals surface area contributed by atoms with Crippen molar-refractivity contribution in [1.29, 1.82) is 0 Å². The van der Waals surface area contributed by atoms with E-state index in [0.29, 0.717) is 12.2 Å². The number of para-hydroxylation sites is 1. The third-order valence-corrected chi connectivity index (χ3v) is 5.87. The third-order valence-electron chi connectivity index (χ3n) is 4.63. The van der Waals surface area contributed by atoms with Crippen molar-refractivity contribution in [3.8, 4) is 0 Å². The predicted molar refractivity (Wildman–Crippen MR) is 115 cm³/mol. The Morgan fingerprint density at radius 2 is 1.54 bits per heavy atom. The summed E-state index contributed by atoms with van der Waals surface area (Å²) in [6.45, 7) is 8.02. The molecule has 152 valence electrons. The lowest BCUT2D eigenvalue weighted by molar-refractivity contribution is -0.122. The van der Waals surface area contributed by atoms with Crippen LogP contribution in [0.2, 0.25) is 0 Å². The van der Waals surface area contributed by atoms with Gasteiger partial charge in [0.1, 0.15) is 6.04 Å². The Hall–Kier alpha value is -2.54. The van der Waals surface area contributed by atoms with E-state index in [4.69, 9.17) is 0 Å². The molecular weight excluding hydrogens is 374 g/mol. The minimum absolute atomic E-state index is 0.341. The van der Waals surface area contributed by atoms with Crippen LogP contribution in [0.25, 0.3) is 0 Å². The van der Waals surface area contributed by atoms with Gasteiger partial charge >= 0.3 is 0 Å². The molecule has 28 heavy (non-hydrogen) atoms. The minimum atomic E-state index is -3.60. The summed E-state index contributed by atoms with van der Waals surface area (Å²) in [4.78, 5) is 14.9. The predicted octanol–water partition coefficient (Wildman–Crippen LogP) is 3.00. The lowest BCUT2D eigenvalue weighted by Gasteiger charge is -2.28. The van der Waals surface area contributed by atoms with Crippen molar-refractivity contribution in [3.63, 3.8) is 0 Å². The maximum atomic E-state index is 12.6. The van der Waals surface area contributed by atoms with Crippen LogP contribution >= 0.6 is 0 Å². The highest BCUT2D eigenvalue weighted by molar-refractivity contribution is 7.92. The fraction of sp³-hybridized carbons (Fsp3) is 0.381. The Morgan fingerprint density at radius 3 is 2.04 bits per heavy atom. The van der Waals surface area contributed by atoms with Gasteiger partial charge in [0.2, 0.25) is 15.9 Å². The van der Waals surface area contributed by atoms with Crippen molar-refractivity contribution in [2.45, 2.75) is 33.4 Å². The molecule has 0 saturated heterocycles. The van der Waals surface area contributed by atoms with Crippen molar-refractivity contribution in [1.82, 2.24) is 5.32 Å². The zero-order valence-corrected chi connectivity index (χ0v) is 17.7. The van der Waals surface area contributed by atoms with Crippen LogP contribution in [0.4, 0.5) is 11.4 Å². The molecule has 2 rings (SSSR count). The SMILES string of the molecule is CCN(CC)c1ccc(CNC(=O)[C@@H](C)N(c2ccccc2)S(C)(=O)=O)cc1. The van der Waals surface area contributed by atoms with Crippen LogP contribution in [0.1, 0.15) is 26.3 Å². The fourth-order valence-corrected chi connectivity index (χ4v) is 4.31. The lowest BCUT2D eigenvalue weighted by Crippen LogP contribution is -2.47. The number of amides is 1. The van der Waals surface area contributed by atoms with Crippen LogP contribution in [-0.4, -0.2) is 39.7 Å². The summed E-state index contributed by atoms with van der Waals surface area (Å²) in [5, 5.41) is 2.84. The zero-order chi connectivity index (χ0) is 20.7. The number of carbonyl (C=O) groups is 1. The number of benzene rings is 2. The Balaban J connectivity index is 2.07. The zero-order valence-electron chi connectivity index (χ0n) is 16.9. The molecule has 2 aromatic carbocycles. The van der Waals surface area contributed by atoms with Crippen LogP contribution in [0.15, 0.2) is 54.6 Å². The molecule has 2 aromatic rings. The molecule has 0 spiro atoms. The molecule has 0 saturated carbocycles. The van der Waals surface area contributed by atoms with E-state index >= 15 is 0 Å². The Labute approximate surface area is 168 Å². The molecule has 1 amide bonds. The lowest BCUT2D eigenvalue weighted by atomic mass is 10.2. The smallest absolute Gasteiger partial charge is 0.243 e. The normalized spacial score (nSPS) is 12.3. The van der Waals surface area contributed by atoms with Gasteiger partial charge in [0.15, 0.2) is 0 Å². The van der Waals surface area contributed by atoms with Crippen LogP contribution in [0.3, 0.4) is 0 Å². The number of carbonyl (C=O) groups excluding carboxylic acids is 1. The average Bonchev–Trinajstić information content (AvgIpc) is 2.68. The van der Waals surface area contributed by atoms with Crippen LogP contribution in [0.5, 0.6) is 0 Å². The summed E-state index contributed by atoms with van der Waals surface area (Å²) in [5.41, 5.74) is 2.57. The van der Waals surface area contributed by atoms with Gasteiger partial charge in [-0.25, -0.2) is 8.42 Å². The Morgan fingerprint density at radius 1 is 0.964 bits per heavy atom. The van der Waals surface area contributed by atoms with E-state index in [2.05, 4.69) is 24.1 Å². The highest BCUT2D eigenvalue weighted by atomic mass is 32.2. The van der Waals surface area contributed by atoms with Gasteiger partial charge in [-0.1, -0.05) is 30.3 Å². The minimum Gasteiger partial charge on any atom is -0.372 e. The average molecular weight is 404 g/mol. The molecule has 0 aromatic heterocycles. The van der Waals surface area contributed by atoms with Crippen molar-refractivity contribution in [3.05, 3.63) is 60.2 Å². The van der Waals surface area contributed by atoms with E-state index in [0.717, 1.165) is 34.9 Å². The number of hydrogen-bond acceptors (Lipinski definition) is 4. The number of nitrogens with zero attached hydrogens (tertiary/aromatic N) is 2. The second kappa shape index (κ2) is 9.59. The number of anilines is 2. The van der Waals surface area contributed by atoms with Crippen LogP contribution in [-0.2, 0) is 21.4 Å². The standard InChI is InChI=1S/C21H29N3O3S/c1-5-23(6-2)19-14-12-18(13-15-19)16-22-21(25)17(3)24(28(4,26)27)20-10-8-7-9-11-20/h7-15,17H,5-6,16H2,1-4H3,(H,22,25)/t17-/m1/s1. The number of sulfonamides is 1. The second-order valence-electron chi connectivity index (χ2n) is 6.63. The number of nitrogens with one attached hydrogen (secondary N) is 1. The van der Waals surface area contributed by atoms with E-state index in [-0.39, 0.29) is 5.91 Å². The largest absolute Gasteiger partial charge is 0.372 e. The van der Waals surface area contributed by atoms with Gasteiger partial charge in [0.05, 0.1) is 11.9 Å². The van der Waals surface area contributed by atoms with Crippen LogP contribution in [0, 0.1) is 0 Å². The topological polar surface area (TPSA) is 69.7 Å². The summed E-state index contributed by atoms with van der Waals surface area (Å²) < 4.78 is 25.6. The summed E-state index contributed by atoms with van der Waals surface area (Å²) >= 11 is 0. The van der Waals surface area contributed by atoms with Gasteiger partial charge in [-0.05, 0) is 50.6 Å². The number of hydrogen-bond donors (Lipinski definition) is 1. The first-order valence-electron chi connectivity index (χ1n) is 9.44. The maximum absolute atomic E-state index is 12.6. The molecule has 0 heterocycles. The van der Waals surface area contributed by atoms with E-state index in [1.807, 2.05) is 24.3 Å². The molecule has 0 aliphatic rings. The van der Waals surface area contributed by atoms with E-state index in [9.17, 15) is 13.2 Å².